The van der Waals surface area contributed by atoms with Crippen molar-refractivity contribution in [2.75, 3.05) is 30.5 Å². The van der Waals surface area contributed by atoms with Crippen LogP contribution in [0.25, 0.3) is 22.3 Å². The fourth-order valence-electron chi connectivity index (χ4n) is 7.55. The number of fused-ring (bicyclic) bond motifs is 2. The number of nitriles is 1. The summed E-state index contributed by atoms with van der Waals surface area (Å²) in [5.41, 5.74) is 0.978. The molecule has 0 spiro atoms. The van der Waals surface area contributed by atoms with Crippen LogP contribution in [-0.4, -0.2) is 126 Å². The van der Waals surface area contributed by atoms with E-state index in [2.05, 4.69) is 40.5 Å². The number of amides is 2. The number of rotatable bonds is 19. The molecule has 2 aliphatic rings. The minimum Gasteiger partial charge on any atom is -0.408 e. The molecule has 2 aliphatic heterocycles. The highest BCUT2D eigenvalue weighted by Crippen LogP contribution is 2.56. The Morgan fingerprint density at radius 3 is 1.87 bits per heavy atom. The third kappa shape index (κ3) is 11.1. The second-order valence-corrected chi connectivity index (χ2v) is 24.8. The van der Waals surface area contributed by atoms with E-state index >= 15 is 8.96 Å². The van der Waals surface area contributed by atoms with Crippen LogP contribution in [0.2, 0.25) is 18.1 Å². The number of nitrogens with one attached hydrogen (secondary N) is 2. The van der Waals surface area contributed by atoms with Gasteiger partial charge in [0.2, 0.25) is 0 Å². The fraction of sp³-hybridized carbons (Fsp3) is 0.419. The van der Waals surface area contributed by atoms with E-state index in [1.165, 1.54) is 17.2 Å². The first-order chi connectivity index (χ1) is 33.9. The number of benzene rings is 2. The lowest BCUT2D eigenvalue weighted by Gasteiger charge is -2.40. The van der Waals surface area contributed by atoms with E-state index in [1.807, 2.05) is 39.9 Å². The van der Waals surface area contributed by atoms with Gasteiger partial charge in [-0.2, -0.15) is 5.26 Å². The molecule has 8 rings (SSSR count). The summed E-state index contributed by atoms with van der Waals surface area (Å²) in [6, 6.07) is 18.6. The van der Waals surface area contributed by atoms with Gasteiger partial charge in [-0.15, -0.1) is 9.42 Å². The zero-order chi connectivity index (χ0) is 50.7. The average molecular weight is 1040 g/mol. The number of hydrogen-bond acceptors (Lipinski definition) is 19. The molecule has 10 atom stereocenters. The summed E-state index contributed by atoms with van der Waals surface area (Å²) in [7, 11) is -11.3. The molecule has 24 nitrogen and oxygen atoms in total. The van der Waals surface area contributed by atoms with Gasteiger partial charge in [-0.05, 0) is 42.4 Å². The molecule has 71 heavy (non-hydrogen) atoms. The van der Waals surface area contributed by atoms with Crippen LogP contribution in [0, 0.1) is 11.3 Å². The molecule has 2 amide bonds. The van der Waals surface area contributed by atoms with Crippen LogP contribution < -0.4 is 10.6 Å². The normalized spacial score (nSPS) is 23.6. The number of anilines is 2. The second kappa shape index (κ2) is 21.4. The number of aliphatic hydroxyl groups is 1. The maximum Gasteiger partial charge on any atom is 0.695 e. The lowest BCUT2D eigenvalue weighted by molar-refractivity contribution is -0.0615. The average Bonchev–Trinajstić information content (AvgIpc) is 4.12. The molecule has 0 radical (unpaired) electrons. The molecule has 4 unspecified atom stereocenters. The van der Waals surface area contributed by atoms with Crippen LogP contribution in [0.5, 0.6) is 0 Å². The van der Waals surface area contributed by atoms with Gasteiger partial charge in [-0.1, -0.05) is 57.2 Å². The molecular formula is C43H49FN11O13P2Si+. The van der Waals surface area contributed by atoms with Crippen LogP contribution in [0.4, 0.5) is 16.0 Å². The number of aliphatic hydroxyl groups excluding tert-OH is 1. The number of phosphoric ester groups is 1. The van der Waals surface area contributed by atoms with Gasteiger partial charge in [0.25, 0.3) is 11.8 Å². The van der Waals surface area contributed by atoms with E-state index in [4.69, 9.17) is 32.0 Å². The van der Waals surface area contributed by atoms with Gasteiger partial charge in [-0.25, -0.2) is 38.9 Å². The summed E-state index contributed by atoms with van der Waals surface area (Å²) in [6.07, 6.45) is -7.98. The first-order valence-corrected chi connectivity index (χ1v) is 27.5. The number of phosphoric acid groups is 1. The number of hydrogen-bond donors (Lipinski definition) is 4. The molecule has 374 valence electrons. The monoisotopic (exact) mass is 1040 g/mol. The Balaban J connectivity index is 1.10. The molecule has 4 aromatic heterocycles. The van der Waals surface area contributed by atoms with Crippen LogP contribution in [0.1, 0.15) is 60.4 Å². The number of imidazole rings is 2. The number of carbonyl (C=O) groups excluding carboxylic acids is 2. The molecule has 4 N–H and O–H groups in total. The predicted octanol–water partition coefficient (Wildman–Crippen LogP) is 6.16. The quantitative estimate of drug-likeness (QED) is 0.0401. The van der Waals surface area contributed by atoms with Crippen molar-refractivity contribution in [3.63, 3.8) is 0 Å². The molecule has 0 saturated carbocycles. The van der Waals surface area contributed by atoms with Crippen molar-refractivity contribution >= 4 is 70.2 Å². The summed E-state index contributed by atoms with van der Waals surface area (Å²) in [6.45, 7) is 7.85. The van der Waals surface area contributed by atoms with Crippen molar-refractivity contribution in [2.45, 2.75) is 94.5 Å². The van der Waals surface area contributed by atoms with Crippen molar-refractivity contribution in [1.82, 2.24) is 39.0 Å². The number of halogens is 1. The SMILES string of the molecule is CC(C)(C)[Si](C)(C)O[C@@H]1C(OP(=O)(OCCC#N)OC[C@H]2O[C@@H](n3cnc4c(NC(=O)c5ccccc5)ncnc43)C(F)[C@H]2O[P+](=O)O)[C@H](n2cnc3c(NC(=O)c4ccccc4)ncnc32)O[C@@H]1CO. The van der Waals surface area contributed by atoms with Gasteiger partial charge in [0.05, 0.1) is 45.0 Å². The summed E-state index contributed by atoms with van der Waals surface area (Å²) >= 11 is 0. The van der Waals surface area contributed by atoms with Gasteiger partial charge in [0, 0.05) is 15.7 Å². The van der Waals surface area contributed by atoms with E-state index in [9.17, 15) is 29.4 Å². The Morgan fingerprint density at radius 1 is 0.831 bits per heavy atom. The highest BCUT2D eigenvalue weighted by molar-refractivity contribution is 7.48. The minimum atomic E-state index is -5.01. The molecular weight excluding hydrogens is 988 g/mol. The maximum absolute atomic E-state index is 16.6. The third-order valence-electron chi connectivity index (χ3n) is 12.1. The molecule has 0 aliphatic carbocycles. The Hall–Kier alpha value is -5.91. The summed E-state index contributed by atoms with van der Waals surface area (Å²) in [5, 5.41) is 25.2. The predicted molar refractivity (Wildman–Crippen MR) is 251 cm³/mol. The lowest BCUT2D eigenvalue weighted by Crippen LogP contribution is -2.50. The Kier molecular flexibility index (Phi) is 15.5. The van der Waals surface area contributed by atoms with Gasteiger partial charge >= 0.3 is 16.1 Å². The van der Waals surface area contributed by atoms with Gasteiger partial charge in [0.15, 0.2) is 67.0 Å². The van der Waals surface area contributed by atoms with E-state index in [-0.39, 0.29) is 40.4 Å². The number of carbonyl (C=O) groups is 2. The Bertz CT molecular complexity index is 2980. The number of alkyl halides is 1. The number of aromatic nitrogens is 8. The van der Waals surface area contributed by atoms with Crippen molar-refractivity contribution in [2.24, 2.45) is 0 Å². The van der Waals surface area contributed by atoms with Gasteiger partial charge in [-0.3, -0.25) is 32.3 Å². The Morgan fingerprint density at radius 2 is 1.37 bits per heavy atom. The van der Waals surface area contributed by atoms with Crippen LogP contribution in [0.3, 0.4) is 0 Å². The van der Waals surface area contributed by atoms with E-state index in [0.29, 0.717) is 11.1 Å². The highest BCUT2D eigenvalue weighted by Gasteiger charge is 2.56. The summed E-state index contributed by atoms with van der Waals surface area (Å²) in [5.74, 6) is -0.938. The number of ether oxygens (including phenoxy) is 2. The third-order valence-corrected chi connectivity index (χ3v) is 18.5. The fourth-order valence-corrected chi connectivity index (χ4v) is 10.7. The molecule has 6 heterocycles. The zero-order valence-electron chi connectivity index (χ0n) is 38.7. The number of nitrogens with zero attached hydrogens (tertiary/aromatic N) is 9. The van der Waals surface area contributed by atoms with Gasteiger partial charge < -0.3 is 29.6 Å². The van der Waals surface area contributed by atoms with Crippen LogP contribution in [0.15, 0.2) is 86.0 Å². The summed E-state index contributed by atoms with van der Waals surface area (Å²) in [4.78, 5) is 61.8. The van der Waals surface area contributed by atoms with Crippen LogP contribution >= 0.6 is 16.1 Å². The van der Waals surface area contributed by atoms with E-state index in [0.717, 1.165) is 17.2 Å². The van der Waals surface area contributed by atoms with Crippen molar-refractivity contribution in [3.8, 4) is 6.07 Å². The molecule has 28 heteroatoms. The topological polar surface area (TPSA) is 308 Å². The Labute approximate surface area is 406 Å². The first-order valence-electron chi connectivity index (χ1n) is 22.0. The maximum atomic E-state index is 16.6. The standard InChI is InChI=1S/C43H48FN11O13P2Si/c1-43(2,3)71(4,5)68-33-27(19-56)64-42(55-24-51-31-36(47-22-49-38(31)55)53-40(58)26-15-10-7-11-16-26)34(33)67-70(61,62-18-12-17-45)63-20-28-32(66-69(59)60)29(44)41(65-28)54-23-50-30-35(46-21-48-37(30)54)52-39(57)25-13-8-6-9-14-25/h6-11,13-16,21-24,27-29,32-34,41-42,56H,12,18-20H2,1-5H3,(H2-,46,47,48,49,52,53,57,58,59,60)/p+1/t27-,28-,29?,32+,33+,34?,41-,42-,70?/m1/s1. The van der Waals surface area contributed by atoms with E-state index in [1.54, 1.807) is 60.7 Å². The minimum absolute atomic E-state index is 0.0000338. The zero-order valence-corrected chi connectivity index (χ0v) is 41.5. The first kappa shape index (κ1) is 51.4. The molecule has 2 saturated heterocycles. The second-order valence-electron chi connectivity index (χ2n) is 17.7. The van der Waals surface area contributed by atoms with Crippen molar-refractivity contribution < 1.29 is 65.1 Å². The molecule has 6 aromatic rings. The van der Waals surface area contributed by atoms with Gasteiger partial charge in [0.1, 0.15) is 37.1 Å². The highest BCUT2D eigenvalue weighted by atomic mass is 31.2. The van der Waals surface area contributed by atoms with Crippen LogP contribution in [-0.2, 0) is 41.1 Å². The van der Waals surface area contributed by atoms with E-state index < -0.39 is 110 Å². The molecule has 0 bridgehead atoms. The molecule has 2 fully saturated rings. The van der Waals surface area contributed by atoms with Crippen molar-refractivity contribution in [3.05, 3.63) is 97.1 Å². The smallest absolute Gasteiger partial charge is 0.408 e. The lowest BCUT2D eigenvalue weighted by atomic mass is 10.1. The van der Waals surface area contributed by atoms with Crippen molar-refractivity contribution in [1.29, 1.82) is 5.26 Å². The largest absolute Gasteiger partial charge is 0.695 e. The molecule has 2 aromatic carbocycles. The summed E-state index contributed by atoms with van der Waals surface area (Å²) < 4.78 is 88.9.